The molecule has 0 atom stereocenters. The molecule has 0 saturated heterocycles. The third kappa shape index (κ3) is 4.25. The van der Waals surface area contributed by atoms with Crippen LogP contribution in [0.1, 0.15) is 52.9 Å². The second kappa shape index (κ2) is 8.56. The van der Waals surface area contributed by atoms with E-state index >= 15 is 0 Å². The van der Waals surface area contributed by atoms with Crippen molar-refractivity contribution in [3.8, 4) is 0 Å². The van der Waals surface area contributed by atoms with Crippen LogP contribution in [0, 0.1) is 12.8 Å². The number of anilines is 1. The van der Waals surface area contributed by atoms with Crippen LogP contribution in [-0.2, 0) is 6.54 Å². The highest BCUT2D eigenvalue weighted by molar-refractivity contribution is 7.20. The smallest absolute Gasteiger partial charge is 0.265 e. The van der Waals surface area contributed by atoms with E-state index in [0.29, 0.717) is 28.6 Å². The van der Waals surface area contributed by atoms with Crippen LogP contribution in [0.15, 0.2) is 30.3 Å². The van der Waals surface area contributed by atoms with E-state index in [1.807, 2.05) is 30.7 Å². The van der Waals surface area contributed by atoms with Crippen LogP contribution in [0.4, 0.5) is 5.69 Å². The Labute approximate surface area is 168 Å². The first kappa shape index (κ1) is 20.1. The Hall–Kier alpha value is -2.67. The van der Waals surface area contributed by atoms with Crippen molar-refractivity contribution in [2.75, 3.05) is 11.9 Å². The maximum Gasteiger partial charge on any atom is 0.265 e. The number of carbonyl (C=O) groups excluding carboxylic acids is 2. The van der Waals surface area contributed by atoms with Crippen LogP contribution in [0.2, 0.25) is 0 Å². The van der Waals surface area contributed by atoms with E-state index in [4.69, 9.17) is 0 Å². The molecule has 0 bridgehead atoms. The zero-order valence-electron chi connectivity index (χ0n) is 16.7. The molecule has 1 aromatic carbocycles. The van der Waals surface area contributed by atoms with E-state index in [1.54, 1.807) is 18.2 Å². The molecule has 0 radical (unpaired) electrons. The maximum atomic E-state index is 12.9. The summed E-state index contributed by atoms with van der Waals surface area (Å²) < 4.78 is 1.98. The predicted molar refractivity (Wildman–Crippen MR) is 114 cm³/mol. The summed E-state index contributed by atoms with van der Waals surface area (Å²) in [4.78, 5) is 26.8. The molecule has 0 fully saturated rings. The first-order valence-corrected chi connectivity index (χ1v) is 10.4. The monoisotopic (exact) mass is 398 g/mol. The van der Waals surface area contributed by atoms with Gasteiger partial charge in [-0.1, -0.05) is 32.9 Å². The summed E-state index contributed by atoms with van der Waals surface area (Å²) in [6, 6.07) is 8.95. The largest absolute Gasteiger partial charge is 0.352 e. The van der Waals surface area contributed by atoms with Gasteiger partial charge < -0.3 is 10.6 Å². The lowest BCUT2D eigenvalue weighted by molar-refractivity contribution is 0.0954. The van der Waals surface area contributed by atoms with E-state index in [0.717, 1.165) is 28.9 Å². The first-order chi connectivity index (χ1) is 13.4. The molecule has 3 rings (SSSR count). The number of aromatic nitrogens is 2. The van der Waals surface area contributed by atoms with Crippen LogP contribution < -0.4 is 10.6 Å². The third-order valence-corrected chi connectivity index (χ3v) is 5.47. The quantitative estimate of drug-likeness (QED) is 0.617. The van der Waals surface area contributed by atoms with Crippen molar-refractivity contribution in [1.82, 2.24) is 15.1 Å². The van der Waals surface area contributed by atoms with Gasteiger partial charge in [0.15, 0.2) is 0 Å². The van der Waals surface area contributed by atoms with Crippen molar-refractivity contribution in [3.63, 3.8) is 0 Å². The van der Waals surface area contributed by atoms with Gasteiger partial charge in [-0.3, -0.25) is 14.3 Å². The Morgan fingerprint density at radius 2 is 1.96 bits per heavy atom. The number of nitrogens with zero attached hydrogens (tertiary/aromatic N) is 2. The summed E-state index contributed by atoms with van der Waals surface area (Å²) in [6.07, 6.45) is 0.856. The lowest BCUT2D eigenvalue weighted by atomic mass is 10.1. The number of hydrogen-bond acceptors (Lipinski definition) is 4. The number of fused-ring (bicyclic) bond motifs is 1. The molecule has 0 aliphatic heterocycles. The highest BCUT2D eigenvalue weighted by atomic mass is 32.1. The number of amides is 2. The standard InChI is InChI=1S/C21H26N4O2S/c1-5-10-22-19(26)15-8-6-7-9-17(15)23-20(27)18-11-16-14(4)24-25(12-13(2)3)21(16)28-18/h6-9,11,13H,5,10,12H2,1-4H3,(H,22,26)(H,23,27). The van der Waals surface area contributed by atoms with Crippen molar-refractivity contribution < 1.29 is 9.59 Å². The Balaban J connectivity index is 1.85. The SMILES string of the molecule is CCCNC(=O)c1ccccc1NC(=O)c1cc2c(C)nn(CC(C)C)c2s1. The Bertz CT molecular complexity index is 1000. The minimum absolute atomic E-state index is 0.183. The number of benzene rings is 1. The molecule has 28 heavy (non-hydrogen) atoms. The molecule has 0 unspecified atom stereocenters. The molecule has 0 aliphatic carbocycles. The van der Waals surface area contributed by atoms with Gasteiger partial charge in [-0.05, 0) is 37.5 Å². The van der Waals surface area contributed by atoms with E-state index < -0.39 is 0 Å². The summed E-state index contributed by atoms with van der Waals surface area (Å²) in [5, 5.41) is 11.3. The van der Waals surface area contributed by atoms with Crippen LogP contribution >= 0.6 is 11.3 Å². The lowest BCUT2D eigenvalue weighted by Crippen LogP contribution is -2.25. The summed E-state index contributed by atoms with van der Waals surface area (Å²) in [6.45, 7) is 9.66. The Morgan fingerprint density at radius 3 is 2.68 bits per heavy atom. The molecular formula is C21H26N4O2S. The highest BCUT2D eigenvalue weighted by Gasteiger charge is 2.19. The van der Waals surface area contributed by atoms with Gasteiger partial charge in [0.05, 0.1) is 21.8 Å². The van der Waals surface area contributed by atoms with Gasteiger partial charge >= 0.3 is 0 Å². The van der Waals surface area contributed by atoms with Crippen molar-refractivity contribution in [3.05, 3.63) is 46.5 Å². The molecule has 2 amide bonds. The van der Waals surface area contributed by atoms with Gasteiger partial charge in [0.2, 0.25) is 0 Å². The summed E-state index contributed by atoms with van der Waals surface area (Å²) in [7, 11) is 0. The number of carbonyl (C=O) groups is 2. The highest BCUT2D eigenvalue weighted by Crippen LogP contribution is 2.29. The minimum Gasteiger partial charge on any atom is -0.352 e. The average Bonchev–Trinajstić information content (AvgIpc) is 3.21. The molecule has 0 saturated carbocycles. The van der Waals surface area contributed by atoms with Crippen LogP contribution in [0.3, 0.4) is 0 Å². The molecule has 0 aliphatic rings. The number of aryl methyl sites for hydroxylation is 1. The molecular weight excluding hydrogens is 372 g/mol. The first-order valence-electron chi connectivity index (χ1n) is 9.56. The van der Waals surface area contributed by atoms with Crippen molar-refractivity contribution in [2.45, 2.75) is 40.7 Å². The van der Waals surface area contributed by atoms with E-state index in [-0.39, 0.29) is 11.8 Å². The van der Waals surface area contributed by atoms with Gasteiger partial charge in [-0.15, -0.1) is 11.3 Å². The number of para-hydroxylation sites is 1. The second-order valence-electron chi connectivity index (χ2n) is 7.25. The van der Waals surface area contributed by atoms with Crippen molar-refractivity contribution >= 4 is 39.1 Å². The second-order valence-corrected chi connectivity index (χ2v) is 8.28. The predicted octanol–water partition coefficient (Wildman–Crippen LogP) is 4.45. The summed E-state index contributed by atoms with van der Waals surface area (Å²) >= 11 is 1.43. The van der Waals surface area contributed by atoms with E-state index in [2.05, 4.69) is 29.6 Å². The van der Waals surface area contributed by atoms with Gasteiger partial charge in [0.25, 0.3) is 11.8 Å². The Morgan fingerprint density at radius 1 is 1.21 bits per heavy atom. The molecule has 2 heterocycles. The molecule has 3 aromatic rings. The van der Waals surface area contributed by atoms with Gasteiger partial charge in [0, 0.05) is 18.5 Å². The number of hydrogen-bond donors (Lipinski definition) is 2. The molecule has 2 N–H and O–H groups in total. The zero-order valence-corrected chi connectivity index (χ0v) is 17.5. The van der Waals surface area contributed by atoms with E-state index in [9.17, 15) is 9.59 Å². The Kier molecular flexibility index (Phi) is 6.14. The van der Waals surface area contributed by atoms with Crippen LogP contribution in [-0.4, -0.2) is 28.1 Å². The summed E-state index contributed by atoms with van der Waals surface area (Å²) in [5.74, 6) is 0.0698. The molecule has 0 spiro atoms. The van der Waals surface area contributed by atoms with Gasteiger partial charge in [-0.2, -0.15) is 5.10 Å². The fourth-order valence-corrected chi connectivity index (χ4v) is 4.07. The fourth-order valence-electron chi connectivity index (χ4n) is 3.00. The topological polar surface area (TPSA) is 76.0 Å². The number of thiophene rings is 1. The fraction of sp³-hybridized carbons (Fsp3) is 0.381. The maximum absolute atomic E-state index is 12.9. The molecule has 148 valence electrons. The normalized spacial score (nSPS) is 11.2. The van der Waals surface area contributed by atoms with Crippen LogP contribution in [0.5, 0.6) is 0 Å². The average molecular weight is 399 g/mol. The van der Waals surface area contributed by atoms with E-state index in [1.165, 1.54) is 11.3 Å². The minimum atomic E-state index is -0.215. The number of nitrogens with one attached hydrogen (secondary N) is 2. The third-order valence-electron chi connectivity index (χ3n) is 4.32. The zero-order chi connectivity index (χ0) is 20.3. The number of rotatable bonds is 7. The van der Waals surface area contributed by atoms with Crippen molar-refractivity contribution in [1.29, 1.82) is 0 Å². The molecule has 7 heteroatoms. The summed E-state index contributed by atoms with van der Waals surface area (Å²) in [5.41, 5.74) is 1.90. The van der Waals surface area contributed by atoms with Gasteiger partial charge in [0.1, 0.15) is 4.83 Å². The molecule has 2 aromatic heterocycles. The molecule has 6 nitrogen and oxygen atoms in total. The van der Waals surface area contributed by atoms with Crippen molar-refractivity contribution in [2.24, 2.45) is 5.92 Å². The van der Waals surface area contributed by atoms with Gasteiger partial charge in [-0.25, -0.2) is 0 Å². The lowest BCUT2D eigenvalue weighted by Gasteiger charge is -2.10. The van der Waals surface area contributed by atoms with Crippen LogP contribution in [0.25, 0.3) is 10.2 Å².